The van der Waals surface area contributed by atoms with Crippen LogP contribution in [0.4, 0.5) is 0 Å². The summed E-state index contributed by atoms with van der Waals surface area (Å²) in [6.07, 6.45) is 5.69. The van der Waals surface area contributed by atoms with Gasteiger partial charge in [-0.2, -0.15) is 0 Å². The monoisotopic (exact) mass is 246 g/mol. The van der Waals surface area contributed by atoms with Gasteiger partial charge >= 0.3 is 5.97 Å². The van der Waals surface area contributed by atoms with Gasteiger partial charge in [-0.3, -0.25) is 0 Å². The summed E-state index contributed by atoms with van der Waals surface area (Å²) in [5.41, 5.74) is -0.203. The molecule has 1 aromatic rings. The van der Waals surface area contributed by atoms with E-state index in [9.17, 15) is 9.90 Å². The molecule has 0 spiro atoms. The minimum atomic E-state index is -1.11. The van der Waals surface area contributed by atoms with E-state index in [1.165, 1.54) is 0 Å². The molecule has 1 fully saturated rings. The number of ether oxygens (including phenoxy) is 1. The molecule has 1 aliphatic rings. The number of carboxylic acids is 1. The van der Waals surface area contributed by atoms with Gasteiger partial charge in [-0.1, -0.05) is 30.4 Å². The minimum Gasteiger partial charge on any atom is -0.478 e. The third-order valence-electron chi connectivity index (χ3n) is 3.37. The number of allylic oxidation sites excluding steroid dienone is 1. The highest BCUT2D eigenvalue weighted by atomic mass is 16.5. The highest BCUT2D eigenvalue weighted by Crippen LogP contribution is 2.43. The third-order valence-corrected chi connectivity index (χ3v) is 3.37. The van der Waals surface area contributed by atoms with Gasteiger partial charge < -0.3 is 9.84 Å². The summed E-state index contributed by atoms with van der Waals surface area (Å²) in [5, 5.41) is 9.38. The lowest BCUT2D eigenvalue weighted by Gasteiger charge is -2.27. The molecule has 1 unspecified atom stereocenters. The number of benzene rings is 1. The second-order valence-corrected chi connectivity index (χ2v) is 4.83. The molecule has 96 valence electrons. The number of hydrogen-bond donors (Lipinski definition) is 1. The van der Waals surface area contributed by atoms with Gasteiger partial charge in [0.15, 0.2) is 0 Å². The van der Waals surface area contributed by atoms with Gasteiger partial charge in [0.1, 0.15) is 5.75 Å². The van der Waals surface area contributed by atoms with E-state index >= 15 is 0 Å². The summed E-state index contributed by atoms with van der Waals surface area (Å²) < 4.78 is 5.82. The van der Waals surface area contributed by atoms with Gasteiger partial charge in [-0.25, -0.2) is 4.79 Å². The maximum absolute atomic E-state index is 11.4. The molecule has 1 saturated carbocycles. The molecule has 2 rings (SSSR count). The molecule has 0 heterocycles. The van der Waals surface area contributed by atoms with Crippen LogP contribution in [-0.4, -0.2) is 16.7 Å². The predicted molar refractivity (Wildman–Crippen MR) is 70.5 cm³/mol. The van der Waals surface area contributed by atoms with Crippen molar-refractivity contribution in [3.8, 4) is 5.75 Å². The van der Waals surface area contributed by atoms with Crippen LogP contribution < -0.4 is 4.74 Å². The van der Waals surface area contributed by atoms with E-state index in [4.69, 9.17) is 4.74 Å². The van der Waals surface area contributed by atoms with Crippen LogP contribution >= 0.6 is 0 Å². The molecule has 1 atom stereocenters. The van der Waals surface area contributed by atoms with E-state index in [-0.39, 0.29) is 5.92 Å². The van der Waals surface area contributed by atoms with E-state index < -0.39 is 11.6 Å². The molecule has 3 heteroatoms. The quantitative estimate of drug-likeness (QED) is 0.866. The number of rotatable bonds is 5. The summed E-state index contributed by atoms with van der Waals surface area (Å²) in [6, 6.07) is 7.51. The molecule has 3 nitrogen and oxygen atoms in total. The average molecular weight is 246 g/mol. The Morgan fingerprint density at radius 1 is 1.44 bits per heavy atom. The Balaban J connectivity index is 2.29. The van der Waals surface area contributed by atoms with Crippen molar-refractivity contribution in [1.29, 1.82) is 0 Å². The fourth-order valence-electron chi connectivity index (χ4n) is 2.05. The molecule has 0 saturated heterocycles. The first kappa shape index (κ1) is 12.7. The van der Waals surface area contributed by atoms with E-state index in [0.29, 0.717) is 5.75 Å². The largest absolute Gasteiger partial charge is 0.478 e. The SMILES string of the molecule is C/C=C/c1ccccc1OC(C)(C(=O)O)C1CC1. The summed E-state index contributed by atoms with van der Waals surface area (Å²) in [5.74, 6) is -0.138. The fraction of sp³-hybridized carbons (Fsp3) is 0.400. The molecular weight excluding hydrogens is 228 g/mol. The first-order valence-electron chi connectivity index (χ1n) is 6.22. The molecule has 0 bridgehead atoms. The number of carbonyl (C=O) groups is 1. The zero-order chi connectivity index (χ0) is 13.2. The Bertz CT molecular complexity index is 474. The van der Waals surface area contributed by atoms with Crippen LogP contribution in [0.2, 0.25) is 0 Å². The highest BCUT2D eigenvalue weighted by molar-refractivity contribution is 5.78. The average Bonchev–Trinajstić information content (AvgIpc) is 3.16. The lowest BCUT2D eigenvalue weighted by atomic mass is 10.00. The molecule has 1 aromatic carbocycles. The number of para-hydroxylation sites is 1. The van der Waals surface area contributed by atoms with Gasteiger partial charge in [-0.05, 0) is 32.8 Å². The van der Waals surface area contributed by atoms with Gasteiger partial charge in [-0.15, -0.1) is 0 Å². The fourth-order valence-corrected chi connectivity index (χ4v) is 2.05. The Morgan fingerprint density at radius 3 is 2.67 bits per heavy atom. The van der Waals surface area contributed by atoms with E-state index in [2.05, 4.69) is 0 Å². The van der Waals surface area contributed by atoms with E-state index in [0.717, 1.165) is 18.4 Å². The standard InChI is InChI=1S/C15H18O3/c1-3-6-11-7-4-5-8-13(11)18-15(2,14(16)17)12-9-10-12/h3-8,12H,9-10H2,1-2H3,(H,16,17)/b6-3+. The molecule has 0 aromatic heterocycles. The van der Waals surface area contributed by atoms with Gasteiger partial charge in [0.25, 0.3) is 0 Å². The van der Waals surface area contributed by atoms with Crippen LogP contribution in [0, 0.1) is 5.92 Å². The second kappa shape index (κ2) is 4.84. The molecular formula is C15H18O3. The van der Waals surface area contributed by atoms with E-state index in [1.54, 1.807) is 6.92 Å². The lowest BCUT2D eigenvalue weighted by Crippen LogP contribution is -2.43. The van der Waals surface area contributed by atoms with Crippen molar-refractivity contribution in [3.63, 3.8) is 0 Å². The first-order valence-corrected chi connectivity index (χ1v) is 6.22. The molecule has 1 aliphatic carbocycles. The lowest BCUT2D eigenvalue weighted by molar-refractivity contribution is -0.155. The van der Waals surface area contributed by atoms with Crippen molar-refractivity contribution in [3.05, 3.63) is 35.9 Å². The van der Waals surface area contributed by atoms with Gasteiger partial charge in [0.2, 0.25) is 5.60 Å². The smallest absolute Gasteiger partial charge is 0.348 e. The summed E-state index contributed by atoms with van der Waals surface area (Å²) >= 11 is 0. The van der Waals surface area contributed by atoms with Crippen LogP contribution in [-0.2, 0) is 4.79 Å². The Morgan fingerprint density at radius 2 is 2.11 bits per heavy atom. The molecule has 0 radical (unpaired) electrons. The summed E-state index contributed by atoms with van der Waals surface area (Å²) in [6.45, 7) is 3.59. The number of aliphatic carboxylic acids is 1. The van der Waals surface area contributed by atoms with E-state index in [1.807, 2.05) is 43.3 Å². The molecule has 1 N–H and O–H groups in total. The maximum Gasteiger partial charge on any atom is 0.348 e. The van der Waals surface area contributed by atoms with Crippen LogP contribution in [0.15, 0.2) is 30.3 Å². The number of carboxylic acid groups (broad SMARTS) is 1. The Kier molecular flexibility index (Phi) is 3.41. The third kappa shape index (κ3) is 2.40. The maximum atomic E-state index is 11.4. The first-order chi connectivity index (χ1) is 8.58. The van der Waals surface area contributed by atoms with Crippen LogP contribution in [0.1, 0.15) is 32.3 Å². The van der Waals surface area contributed by atoms with Crippen LogP contribution in [0.3, 0.4) is 0 Å². The topological polar surface area (TPSA) is 46.5 Å². The Hall–Kier alpha value is -1.77. The van der Waals surface area contributed by atoms with Crippen molar-refractivity contribution in [2.24, 2.45) is 5.92 Å². The summed E-state index contributed by atoms with van der Waals surface area (Å²) in [7, 11) is 0. The Labute approximate surface area is 107 Å². The molecule has 18 heavy (non-hydrogen) atoms. The zero-order valence-corrected chi connectivity index (χ0v) is 10.7. The second-order valence-electron chi connectivity index (χ2n) is 4.83. The van der Waals surface area contributed by atoms with Gasteiger partial charge in [0.05, 0.1) is 0 Å². The normalized spacial score (nSPS) is 18.6. The predicted octanol–water partition coefficient (Wildman–Crippen LogP) is 3.35. The van der Waals surface area contributed by atoms with Crippen molar-refractivity contribution in [1.82, 2.24) is 0 Å². The van der Waals surface area contributed by atoms with Crippen molar-refractivity contribution >= 4 is 12.0 Å². The minimum absolute atomic E-state index is 0.119. The van der Waals surface area contributed by atoms with Crippen LogP contribution in [0.25, 0.3) is 6.08 Å². The van der Waals surface area contributed by atoms with Gasteiger partial charge in [0, 0.05) is 11.5 Å². The highest BCUT2D eigenvalue weighted by Gasteiger charge is 2.50. The van der Waals surface area contributed by atoms with Crippen molar-refractivity contribution < 1.29 is 14.6 Å². The van der Waals surface area contributed by atoms with Crippen molar-refractivity contribution in [2.45, 2.75) is 32.3 Å². The zero-order valence-electron chi connectivity index (χ0n) is 10.7. The van der Waals surface area contributed by atoms with Crippen LogP contribution in [0.5, 0.6) is 5.75 Å². The summed E-state index contributed by atoms with van der Waals surface area (Å²) in [4.78, 5) is 11.4. The molecule has 0 aliphatic heterocycles. The number of hydrogen-bond acceptors (Lipinski definition) is 2. The van der Waals surface area contributed by atoms with Crippen molar-refractivity contribution in [2.75, 3.05) is 0 Å². The molecule has 0 amide bonds.